The maximum Gasteiger partial charge on any atom is 0.338 e. The number of hydrogen-bond donors (Lipinski definition) is 1. The molecule has 0 aliphatic heterocycles. The van der Waals surface area contributed by atoms with Crippen LogP contribution in [-0.4, -0.2) is 30.4 Å². The average molecular weight is 355 g/mol. The molecule has 0 aliphatic carbocycles. The van der Waals surface area contributed by atoms with Crippen LogP contribution in [0.4, 0.5) is 0 Å². The molecule has 0 saturated carbocycles. The molecule has 2 rings (SSSR count). The molecule has 2 N–H and O–H groups in total. The Morgan fingerprint density at radius 3 is 2.31 bits per heavy atom. The van der Waals surface area contributed by atoms with Crippen LogP contribution in [0.15, 0.2) is 42.5 Å². The smallest absolute Gasteiger partial charge is 0.338 e. The average Bonchev–Trinajstić information content (AvgIpc) is 2.61. The van der Waals surface area contributed by atoms with E-state index in [0.717, 1.165) is 11.1 Å². The normalized spacial score (nSPS) is 11.5. The Hall–Kier alpha value is -3.15. The number of ether oxygens (including phenoxy) is 2. The Bertz CT molecular complexity index is 827. The Labute approximate surface area is 151 Å². The molecule has 0 aromatic heterocycles. The van der Waals surface area contributed by atoms with Crippen molar-refractivity contribution < 1.29 is 23.9 Å². The van der Waals surface area contributed by atoms with Gasteiger partial charge in [0.15, 0.2) is 12.7 Å². The lowest BCUT2D eigenvalue weighted by molar-refractivity contribution is -0.119. The first-order valence-electron chi connectivity index (χ1n) is 8.11. The highest BCUT2D eigenvalue weighted by Crippen LogP contribution is 2.17. The van der Waals surface area contributed by atoms with Crippen molar-refractivity contribution >= 4 is 17.7 Å². The van der Waals surface area contributed by atoms with Gasteiger partial charge in [-0.25, -0.2) is 4.79 Å². The minimum absolute atomic E-state index is 0.245. The summed E-state index contributed by atoms with van der Waals surface area (Å²) in [4.78, 5) is 35.5. The van der Waals surface area contributed by atoms with Gasteiger partial charge in [0.05, 0.1) is 5.56 Å². The van der Waals surface area contributed by atoms with Gasteiger partial charge in [0.2, 0.25) is 5.78 Å². The van der Waals surface area contributed by atoms with Crippen LogP contribution in [-0.2, 0) is 9.53 Å². The second-order valence-electron chi connectivity index (χ2n) is 6.01. The third-order valence-electron chi connectivity index (χ3n) is 3.78. The molecule has 0 bridgehead atoms. The number of aryl methyl sites for hydroxylation is 2. The highest BCUT2D eigenvalue weighted by molar-refractivity contribution is 6.02. The molecule has 6 nitrogen and oxygen atoms in total. The molecule has 0 spiro atoms. The highest BCUT2D eigenvalue weighted by Gasteiger charge is 2.22. The quantitative estimate of drug-likeness (QED) is 0.608. The second kappa shape index (κ2) is 8.29. The molecule has 136 valence electrons. The number of rotatable bonds is 7. The van der Waals surface area contributed by atoms with Crippen LogP contribution in [0, 0.1) is 13.8 Å². The van der Waals surface area contributed by atoms with E-state index in [9.17, 15) is 14.4 Å². The molecule has 2 aromatic rings. The zero-order chi connectivity index (χ0) is 19.3. The maximum absolute atomic E-state index is 12.5. The van der Waals surface area contributed by atoms with Crippen molar-refractivity contribution in [2.75, 3.05) is 6.61 Å². The number of benzene rings is 2. The van der Waals surface area contributed by atoms with E-state index in [0.29, 0.717) is 11.3 Å². The predicted octanol–water partition coefficient (Wildman–Crippen LogP) is 2.60. The van der Waals surface area contributed by atoms with Gasteiger partial charge >= 0.3 is 5.97 Å². The lowest BCUT2D eigenvalue weighted by Crippen LogP contribution is -2.25. The summed E-state index contributed by atoms with van der Waals surface area (Å²) in [5.41, 5.74) is 7.61. The van der Waals surface area contributed by atoms with E-state index in [-0.39, 0.29) is 18.0 Å². The first kappa shape index (κ1) is 19.2. The number of ketones is 1. The molecule has 0 radical (unpaired) electrons. The summed E-state index contributed by atoms with van der Waals surface area (Å²) in [6.45, 7) is 5.04. The molecule has 0 saturated heterocycles. The number of amides is 1. The van der Waals surface area contributed by atoms with Crippen LogP contribution in [0.2, 0.25) is 0 Å². The summed E-state index contributed by atoms with van der Waals surface area (Å²) < 4.78 is 10.4. The van der Waals surface area contributed by atoms with Gasteiger partial charge in [0, 0.05) is 5.56 Å². The number of esters is 1. The van der Waals surface area contributed by atoms with Gasteiger partial charge in [-0.1, -0.05) is 17.7 Å². The van der Waals surface area contributed by atoms with Crippen LogP contribution in [0.5, 0.6) is 5.75 Å². The molecular weight excluding hydrogens is 334 g/mol. The van der Waals surface area contributed by atoms with E-state index in [2.05, 4.69) is 0 Å². The zero-order valence-electron chi connectivity index (χ0n) is 14.9. The monoisotopic (exact) mass is 355 g/mol. The van der Waals surface area contributed by atoms with Crippen molar-refractivity contribution in [3.8, 4) is 5.75 Å². The Balaban J connectivity index is 2.03. The van der Waals surface area contributed by atoms with Gasteiger partial charge in [0.25, 0.3) is 5.91 Å². The summed E-state index contributed by atoms with van der Waals surface area (Å²) in [6, 6.07) is 11.6. The highest BCUT2D eigenvalue weighted by atomic mass is 16.5. The summed E-state index contributed by atoms with van der Waals surface area (Å²) in [7, 11) is 0. The van der Waals surface area contributed by atoms with E-state index in [1.165, 1.54) is 24.3 Å². The molecule has 1 amide bonds. The van der Waals surface area contributed by atoms with E-state index in [1.54, 1.807) is 13.0 Å². The van der Waals surface area contributed by atoms with Gasteiger partial charge in [-0.3, -0.25) is 9.59 Å². The van der Waals surface area contributed by atoms with Crippen molar-refractivity contribution in [3.63, 3.8) is 0 Å². The summed E-state index contributed by atoms with van der Waals surface area (Å²) in [5, 5.41) is 0. The van der Waals surface area contributed by atoms with Crippen molar-refractivity contribution in [1.29, 1.82) is 0 Å². The molecule has 0 fully saturated rings. The van der Waals surface area contributed by atoms with Crippen LogP contribution in [0.25, 0.3) is 0 Å². The molecular formula is C20H21NO5. The molecule has 0 unspecified atom stereocenters. The number of carbonyl (C=O) groups is 3. The Kier molecular flexibility index (Phi) is 6.11. The summed E-state index contributed by atoms with van der Waals surface area (Å²) in [6.07, 6.45) is -0.909. The van der Waals surface area contributed by atoms with Crippen LogP contribution < -0.4 is 10.5 Å². The van der Waals surface area contributed by atoms with E-state index >= 15 is 0 Å². The third-order valence-corrected chi connectivity index (χ3v) is 3.78. The molecule has 0 heterocycles. The lowest BCUT2D eigenvalue weighted by Gasteiger charge is -2.14. The summed E-state index contributed by atoms with van der Waals surface area (Å²) in [5.74, 6) is -1.05. The fraction of sp³-hybridized carbons (Fsp3) is 0.250. The molecule has 26 heavy (non-hydrogen) atoms. The van der Waals surface area contributed by atoms with Gasteiger partial charge < -0.3 is 15.2 Å². The van der Waals surface area contributed by atoms with Crippen molar-refractivity contribution in [1.82, 2.24) is 0 Å². The Morgan fingerprint density at radius 2 is 1.69 bits per heavy atom. The largest absolute Gasteiger partial charge is 0.484 e. The van der Waals surface area contributed by atoms with E-state index in [1.807, 2.05) is 26.0 Å². The Morgan fingerprint density at radius 1 is 1.04 bits per heavy atom. The lowest BCUT2D eigenvalue weighted by atomic mass is 9.99. The van der Waals surface area contributed by atoms with Gasteiger partial charge in [-0.2, -0.15) is 0 Å². The molecule has 6 heteroatoms. The van der Waals surface area contributed by atoms with Gasteiger partial charge in [-0.05, 0) is 56.7 Å². The molecule has 0 aliphatic rings. The number of carbonyl (C=O) groups excluding carboxylic acids is 3. The van der Waals surface area contributed by atoms with Crippen molar-refractivity contribution in [3.05, 3.63) is 64.7 Å². The topological polar surface area (TPSA) is 95.7 Å². The maximum atomic E-state index is 12.5. The van der Waals surface area contributed by atoms with Crippen LogP contribution in [0.1, 0.15) is 38.8 Å². The number of nitrogens with two attached hydrogens (primary N) is 1. The minimum Gasteiger partial charge on any atom is -0.484 e. The number of primary amides is 1. The van der Waals surface area contributed by atoms with Crippen LogP contribution in [0.3, 0.4) is 0 Å². The zero-order valence-corrected chi connectivity index (χ0v) is 14.9. The number of hydrogen-bond acceptors (Lipinski definition) is 5. The van der Waals surface area contributed by atoms with Crippen molar-refractivity contribution in [2.45, 2.75) is 26.9 Å². The first-order valence-corrected chi connectivity index (χ1v) is 8.11. The third kappa shape index (κ3) is 4.92. The van der Waals surface area contributed by atoms with E-state index < -0.39 is 18.0 Å². The molecule has 2 aromatic carbocycles. The number of Topliss-reactive ketones (excluding diaryl/α,β-unsaturated/α-hetero) is 1. The van der Waals surface area contributed by atoms with Gasteiger partial charge in [0.1, 0.15) is 5.75 Å². The fourth-order valence-corrected chi connectivity index (χ4v) is 2.34. The van der Waals surface area contributed by atoms with Crippen LogP contribution >= 0.6 is 0 Å². The predicted molar refractivity (Wildman–Crippen MR) is 96.3 cm³/mol. The SMILES string of the molecule is Cc1ccc(C)c(C(=O)[C@H](C)OC(=O)c2ccc(OCC(N)=O)cc2)c1. The minimum atomic E-state index is -0.909. The van der Waals surface area contributed by atoms with Crippen molar-refractivity contribution in [2.24, 2.45) is 5.73 Å². The van der Waals surface area contributed by atoms with E-state index in [4.69, 9.17) is 15.2 Å². The van der Waals surface area contributed by atoms with Gasteiger partial charge in [-0.15, -0.1) is 0 Å². The second-order valence-corrected chi connectivity index (χ2v) is 6.01. The standard InChI is InChI=1S/C20H21NO5/c1-12-4-5-13(2)17(10-12)19(23)14(3)26-20(24)15-6-8-16(9-7-15)25-11-18(21)22/h4-10,14H,11H2,1-3H3,(H2,21,22)/t14-/m0/s1. The molecule has 1 atom stereocenters. The first-order chi connectivity index (χ1) is 12.3. The summed E-state index contributed by atoms with van der Waals surface area (Å²) >= 11 is 0. The fourth-order valence-electron chi connectivity index (χ4n) is 2.34.